The van der Waals surface area contributed by atoms with E-state index >= 15 is 0 Å². The number of nitrogens with one attached hydrogen (secondary N) is 1. The molecule has 0 spiro atoms. The highest BCUT2D eigenvalue weighted by Gasteiger charge is 2.34. The van der Waals surface area contributed by atoms with Crippen molar-refractivity contribution >= 4 is 22.0 Å². The zero-order chi connectivity index (χ0) is 14.8. The van der Waals surface area contributed by atoms with Crippen LogP contribution in [0.5, 0.6) is 0 Å². The molecule has 0 unspecified atom stereocenters. The van der Waals surface area contributed by atoms with Crippen LogP contribution in [-0.4, -0.2) is 72.7 Å². The van der Waals surface area contributed by atoms with E-state index < -0.39 is 16.0 Å². The largest absolute Gasteiger partial charge is 0.481 e. The van der Waals surface area contributed by atoms with Crippen molar-refractivity contribution in [1.82, 2.24) is 14.5 Å². The summed E-state index contributed by atoms with van der Waals surface area (Å²) in [5.41, 5.74) is 0. The smallest absolute Gasteiger partial charge is 0.317 e. The second kappa shape index (κ2) is 5.96. The zero-order valence-corrected chi connectivity index (χ0v) is 11.9. The lowest BCUT2D eigenvalue weighted by Gasteiger charge is -2.35. The first kappa shape index (κ1) is 15.0. The molecule has 9 heteroatoms. The molecule has 0 aromatic rings. The van der Waals surface area contributed by atoms with Crippen molar-refractivity contribution in [1.29, 1.82) is 0 Å². The summed E-state index contributed by atoms with van der Waals surface area (Å²) in [5, 5.41) is 11.3. The molecule has 114 valence electrons. The number of hydrogen-bond donors (Lipinski definition) is 2. The Hall–Kier alpha value is -1.35. The molecule has 8 nitrogen and oxygen atoms in total. The number of carboxylic acids is 1. The highest BCUT2D eigenvalue weighted by atomic mass is 32.2. The number of carbonyl (C=O) groups excluding carboxylic acids is 1. The Kier molecular flexibility index (Phi) is 4.48. The van der Waals surface area contributed by atoms with Gasteiger partial charge in [-0.25, -0.2) is 17.5 Å². The lowest BCUT2D eigenvalue weighted by atomic mass is 10.1. The molecule has 2 aliphatic heterocycles. The molecule has 2 N–H and O–H groups in total. The first-order valence-corrected chi connectivity index (χ1v) is 8.25. The summed E-state index contributed by atoms with van der Waals surface area (Å²) in [5.74, 6) is -1.48. The van der Waals surface area contributed by atoms with Crippen LogP contribution in [0.2, 0.25) is 0 Å². The molecule has 2 rings (SSSR count). The molecule has 0 aromatic heterocycles. The minimum Gasteiger partial charge on any atom is -0.481 e. The fraction of sp³-hybridized carbons (Fsp3) is 0.818. The fourth-order valence-corrected chi connectivity index (χ4v) is 4.07. The molecule has 0 saturated carbocycles. The van der Waals surface area contributed by atoms with Gasteiger partial charge in [-0.3, -0.25) is 4.79 Å². The van der Waals surface area contributed by atoms with E-state index in [4.69, 9.17) is 5.11 Å². The van der Waals surface area contributed by atoms with Crippen LogP contribution in [0, 0.1) is 0 Å². The van der Waals surface area contributed by atoms with E-state index in [1.165, 1.54) is 4.31 Å². The standard InChI is InChI=1S/C11H19N3O5S/c15-10(16)3-8-20(18,19)13-5-1-9(2-6-13)14-7-4-12-11(14)17/h9H,1-8H2,(H,12,17)(H,15,16). The van der Waals surface area contributed by atoms with Crippen molar-refractivity contribution in [3.05, 3.63) is 0 Å². The van der Waals surface area contributed by atoms with Gasteiger partial charge >= 0.3 is 12.0 Å². The van der Waals surface area contributed by atoms with E-state index in [1.54, 1.807) is 4.90 Å². The van der Waals surface area contributed by atoms with Gasteiger partial charge in [0.2, 0.25) is 10.0 Å². The molecule has 0 bridgehead atoms. The summed E-state index contributed by atoms with van der Waals surface area (Å²) >= 11 is 0. The van der Waals surface area contributed by atoms with Gasteiger partial charge in [-0.15, -0.1) is 0 Å². The maximum atomic E-state index is 12.0. The second-order valence-electron chi connectivity index (χ2n) is 5.02. The third-order valence-corrected chi connectivity index (χ3v) is 5.59. The topological polar surface area (TPSA) is 107 Å². The molecular formula is C11H19N3O5S. The number of nitrogens with zero attached hydrogens (tertiary/aromatic N) is 2. The third-order valence-electron chi connectivity index (χ3n) is 3.72. The predicted octanol–water partition coefficient (Wildman–Crippen LogP) is -0.719. The van der Waals surface area contributed by atoms with Crippen LogP contribution in [0.15, 0.2) is 0 Å². The molecule has 0 radical (unpaired) electrons. The van der Waals surface area contributed by atoms with Crippen LogP contribution in [0.25, 0.3) is 0 Å². The van der Waals surface area contributed by atoms with Gasteiger partial charge in [-0.2, -0.15) is 0 Å². The quantitative estimate of drug-likeness (QED) is 0.697. The molecule has 20 heavy (non-hydrogen) atoms. The van der Waals surface area contributed by atoms with Gasteiger partial charge in [0.1, 0.15) is 0 Å². The minimum absolute atomic E-state index is 0.0726. The number of aliphatic carboxylic acids is 1. The molecule has 2 heterocycles. The minimum atomic E-state index is -3.51. The van der Waals surface area contributed by atoms with Gasteiger partial charge in [0, 0.05) is 32.2 Å². The predicted molar refractivity (Wildman–Crippen MR) is 70.7 cm³/mol. The van der Waals surface area contributed by atoms with Crippen LogP contribution in [0.1, 0.15) is 19.3 Å². The Morgan fingerprint density at radius 3 is 2.45 bits per heavy atom. The van der Waals surface area contributed by atoms with E-state index in [1.807, 2.05) is 0 Å². The average molecular weight is 305 g/mol. The average Bonchev–Trinajstić information content (AvgIpc) is 2.83. The Morgan fingerprint density at radius 1 is 1.30 bits per heavy atom. The molecule has 0 aromatic carbocycles. The second-order valence-corrected chi connectivity index (χ2v) is 7.10. The number of piperidine rings is 1. The van der Waals surface area contributed by atoms with Gasteiger partial charge in [-0.1, -0.05) is 0 Å². The number of hydrogen-bond acceptors (Lipinski definition) is 4. The third kappa shape index (κ3) is 3.40. The highest BCUT2D eigenvalue weighted by molar-refractivity contribution is 7.89. The van der Waals surface area contributed by atoms with E-state index in [0.717, 1.165) is 0 Å². The summed E-state index contributed by atoms with van der Waals surface area (Å²) in [6, 6.07) is -0.0133. The van der Waals surface area contributed by atoms with Gasteiger partial charge in [0.25, 0.3) is 0 Å². The number of amides is 2. The number of carbonyl (C=O) groups is 2. The summed E-state index contributed by atoms with van der Waals surface area (Å²) in [6.07, 6.45) is 0.816. The SMILES string of the molecule is O=C(O)CCS(=O)(=O)N1CCC(N2CCNC2=O)CC1. The van der Waals surface area contributed by atoms with Crippen molar-refractivity contribution in [2.24, 2.45) is 0 Å². The fourth-order valence-electron chi connectivity index (χ4n) is 2.61. The number of urea groups is 1. The number of carboxylic acid groups (broad SMARTS) is 1. The summed E-state index contributed by atoms with van der Waals surface area (Å²) < 4.78 is 25.2. The van der Waals surface area contributed by atoms with Gasteiger partial charge in [0.15, 0.2) is 0 Å². The maximum Gasteiger partial charge on any atom is 0.317 e. The monoisotopic (exact) mass is 305 g/mol. The van der Waals surface area contributed by atoms with E-state index in [-0.39, 0.29) is 24.2 Å². The van der Waals surface area contributed by atoms with Crippen molar-refractivity contribution in [2.75, 3.05) is 31.9 Å². The normalized spacial score (nSPS) is 22.0. The highest BCUT2D eigenvalue weighted by Crippen LogP contribution is 2.20. The molecule has 0 atom stereocenters. The van der Waals surface area contributed by atoms with Crippen molar-refractivity contribution in [3.63, 3.8) is 0 Å². The van der Waals surface area contributed by atoms with Crippen LogP contribution >= 0.6 is 0 Å². The van der Waals surface area contributed by atoms with E-state index in [2.05, 4.69) is 5.32 Å². The Labute approximate surface area is 117 Å². The maximum absolute atomic E-state index is 12.0. The number of sulfonamides is 1. The van der Waals surface area contributed by atoms with Crippen molar-refractivity contribution in [2.45, 2.75) is 25.3 Å². The van der Waals surface area contributed by atoms with Gasteiger partial charge in [-0.05, 0) is 12.8 Å². The molecule has 2 amide bonds. The Bertz CT molecular complexity index is 484. The molecule has 2 fully saturated rings. The first-order valence-electron chi connectivity index (χ1n) is 6.64. The Morgan fingerprint density at radius 2 is 1.95 bits per heavy atom. The van der Waals surface area contributed by atoms with E-state index in [9.17, 15) is 18.0 Å². The van der Waals surface area contributed by atoms with Crippen LogP contribution < -0.4 is 5.32 Å². The lowest BCUT2D eigenvalue weighted by Crippen LogP contribution is -2.48. The molecule has 2 aliphatic rings. The van der Waals surface area contributed by atoms with Crippen LogP contribution in [0.3, 0.4) is 0 Å². The van der Waals surface area contributed by atoms with Crippen LogP contribution in [-0.2, 0) is 14.8 Å². The van der Waals surface area contributed by atoms with Crippen molar-refractivity contribution < 1.29 is 23.1 Å². The molecule has 2 saturated heterocycles. The molecular weight excluding hydrogens is 286 g/mol. The van der Waals surface area contributed by atoms with Crippen LogP contribution in [0.4, 0.5) is 4.79 Å². The van der Waals surface area contributed by atoms with Gasteiger partial charge < -0.3 is 15.3 Å². The summed E-state index contributed by atoms with van der Waals surface area (Å²) in [4.78, 5) is 23.8. The zero-order valence-electron chi connectivity index (χ0n) is 11.1. The van der Waals surface area contributed by atoms with Crippen molar-refractivity contribution in [3.8, 4) is 0 Å². The molecule has 0 aliphatic carbocycles. The first-order chi connectivity index (χ1) is 9.40. The lowest BCUT2D eigenvalue weighted by molar-refractivity contribution is -0.136. The number of rotatable bonds is 5. The summed E-state index contributed by atoms with van der Waals surface area (Å²) in [7, 11) is -3.51. The Balaban J connectivity index is 1.87. The summed E-state index contributed by atoms with van der Waals surface area (Å²) in [6.45, 7) is 1.98. The van der Waals surface area contributed by atoms with E-state index in [0.29, 0.717) is 39.0 Å². The van der Waals surface area contributed by atoms with Gasteiger partial charge in [0.05, 0.1) is 12.2 Å².